The number of rotatable bonds is 4. The number of nitrogens with one attached hydrogen (secondary N) is 1. The van der Waals surface area contributed by atoms with Crippen molar-refractivity contribution >= 4 is 33.2 Å². The first-order valence-electron chi connectivity index (χ1n) is 9.21. The van der Waals surface area contributed by atoms with E-state index in [4.69, 9.17) is 16.3 Å². The fraction of sp³-hybridized carbons (Fsp3) is 0.381. The van der Waals surface area contributed by atoms with E-state index in [9.17, 15) is 13.2 Å². The molecular formula is C21H25ClN2O4S. The first-order chi connectivity index (χ1) is 13.4. The van der Waals surface area contributed by atoms with Crippen LogP contribution in [0.5, 0.6) is 5.75 Å². The van der Waals surface area contributed by atoms with Gasteiger partial charge in [0.25, 0.3) is 5.91 Å². The molecule has 2 aromatic rings. The molecule has 0 bridgehead atoms. The number of fused-ring (bicyclic) bond motifs is 1. The standard InChI is InChI=1S/C21H25ClN2O4S/c1-13-6-8-16-18(12-21(2,3)28-19(16)10-13)23-20(25)15-9-7-14(11-17(15)22)24(4)29(5,26)27/h6-11,18H,12H2,1-5H3,(H,23,25)/t18-/m0/s1. The molecule has 1 heterocycles. The number of sulfonamides is 1. The molecule has 3 rings (SSSR count). The van der Waals surface area contributed by atoms with Crippen molar-refractivity contribution in [3.8, 4) is 5.75 Å². The van der Waals surface area contributed by atoms with Crippen molar-refractivity contribution in [3.63, 3.8) is 0 Å². The number of halogens is 1. The zero-order valence-electron chi connectivity index (χ0n) is 17.1. The fourth-order valence-electron chi connectivity index (χ4n) is 3.40. The van der Waals surface area contributed by atoms with Crippen LogP contribution in [-0.2, 0) is 10.0 Å². The molecule has 0 aliphatic carbocycles. The van der Waals surface area contributed by atoms with Gasteiger partial charge in [0.2, 0.25) is 10.0 Å². The summed E-state index contributed by atoms with van der Waals surface area (Å²) in [6.07, 6.45) is 1.72. The molecule has 0 radical (unpaired) electrons. The second-order valence-corrected chi connectivity index (χ2v) is 10.4. The summed E-state index contributed by atoms with van der Waals surface area (Å²) in [5.41, 5.74) is 2.26. The van der Waals surface area contributed by atoms with Gasteiger partial charge in [-0.3, -0.25) is 9.10 Å². The van der Waals surface area contributed by atoms with Crippen molar-refractivity contribution in [2.24, 2.45) is 0 Å². The molecule has 0 fully saturated rings. The van der Waals surface area contributed by atoms with E-state index in [-0.39, 0.29) is 22.5 Å². The SMILES string of the molecule is Cc1ccc2c(c1)OC(C)(C)C[C@@H]2NC(=O)c1ccc(N(C)S(C)(=O)=O)cc1Cl. The van der Waals surface area contributed by atoms with Gasteiger partial charge in [-0.15, -0.1) is 0 Å². The highest BCUT2D eigenvalue weighted by Crippen LogP contribution is 2.40. The van der Waals surface area contributed by atoms with Crippen LogP contribution in [0.2, 0.25) is 5.02 Å². The second kappa shape index (κ2) is 7.54. The van der Waals surface area contributed by atoms with Crippen LogP contribution in [0.25, 0.3) is 0 Å². The minimum Gasteiger partial charge on any atom is -0.487 e. The quantitative estimate of drug-likeness (QED) is 0.783. The third-order valence-corrected chi connectivity index (χ3v) is 6.51. The molecule has 2 aromatic carbocycles. The maximum atomic E-state index is 12.9. The lowest BCUT2D eigenvalue weighted by Gasteiger charge is -2.38. The van der Waals surface area contributed by atoms with E-state index < -0.39 is 15.6 Å². The van der Waals surface area contributed by atoms with Crippen molar-refractivity contribution in [1.82, 2.24) is 5.32 Å². The van der Waals surface area contributed by atoms with Gasteiger partial charge in [-0.05, 0) is 50.6 Å². The van der Waals surface area contributed by atoms with Crippen molar-refractivity contribution in [2.75, 3.05) is 17.6 Å². The number of carbonyl (C=O) groups excluding carboxylic acids is 1. The summed E-state index contributed by atoms with van der Waals surface area (Å²) in [5, 5.41) is 3.24. The smallest absolute Gasteiger partial charge is 0.253 e. The summed E-state index contributed by atoms with van der Waals surface area (Å²) in [7, 11) is -1.98. The number of ether oxygens (including phenoxy) is 1. The molecule has 1 aliphatic rings. The molecule has 0 unspecified atom stereocenters. The Hall–Kier alpha value is -2.25. The third-order valence-electron chi connectivity index (χ3n) is 4.99. The van der Waals surface area contributed by atoms with E-state index >= 15 is 0 Å². The Labute approximate surface area is 176 Å². The lowest BCUT2D eigenvalue weighted by Crippen LogP contribution is -2.41. The topological polar surface area (TPSA) is 75.7 Å². The minimum atomic E-state index is -3.42. The molecule has 1 aliphatic heterocycles. The molecule has 8 heteroatoms. The van der Waals surface area contributed by atoms with Crippen molar-refractivity contribution in [2.45, 2.75) is 38.8 Å². The number of benzene rings is 2. The zero-order valence-corrected chi connectivity index (χ0v) is 18.7. The number of aryl methyl sites for hydroxylation is 1. The summed E-state index contributed by atoms with van der Waals surface area (Å²) < 4.78 is 30.6. The van der Waals surface area contributed by atoms with Crippen LogP contribution < -0.4 is 14.4 Å². The van der Waals surface area contributed by atoms with Crippen LogP contribution >= 0.6 is 11.6 Å². The van der Waals surface area contributed by atoms with Crippen LogP contribution in [0.3, 0.4) is 0 Å². The largest absolute Gasteiger partial charge is 0.487 e. The molecule has 1 amide bonds. The lowest BCUT2D eigenvalue weighted by molar-refractivity contribution is 0.0619. The maximum Gasteiger partial charge on any atom is 0.253 e. The number of carbonyl (C=O) groups is 1. The second-order valence-electron chi connectivity index (χ2n) is 8.03. The van der Waals surface area contributed by atoms with Gasteiger partial charge in [-0.2, -0.15) is 0 Å². The first-order valence-corrected chi connectivity index (χ1v) is 11.4. The van der Waals surface area contributed by atoms with Gasteiger partial charge in [0.05, 0.1) is 28.6 Å². The Balaban J connectivity index is 1.87. The number of anilines is 1. The highest BCUT2D eigenvalue weighted by molar-refractivity contribution is 7.92. The molecule has 1 N–H and O–H groups in total. The van der Waals surface area contributed by atoms with Gasteiger partial charge >= 0.3 is 0 Å². The van der Waals surface area contributed by atoms with Gasteiger partial charge in [-0.25, -0.2) is 8.42 Å². The Morgan fingerprint density at radius 3 is 2.55 bits per heavy atom. The summed E-state index contributed by atoms with van der Waals surface area (Å²) in [6.45, 7) is 5.97. The molecule has 0 saturated heterocycles. The molecule has 0 saturated carbocycles. The Kier molecular flexibility index (Phi) is 5.58. The zero-order chi connectivity index (χ0) is 21.6. The first kappa shape index (κ1) is 21.5. The van der Waals surface area contributed by atoms with Crippen LogP contribution in [0.4, 0.5) is 5.69 Å². The molecule has 1 atom stereocenters. The average molecular weight is 437 g/mol. The van der Waals surface area contributed by atoms with E-state index in [1.807, 2.05) is 39.0 Å². The van der Waals surface area contributed by atoms with Crippen LogP contribution in [-0.4, -0.2) is 33.2 Å². The van der Waals surface area contributed by atoms with Crippen molar-refractivity contribution in [1.29, 1.82) is 0 Å². The minimum absolute atomic E-state index is 0.186. The van der Waals surface area contributed by atoms with E-state index in [2.05, 4.69) is 5.32 Å². The number of hydrogen-bond donors (Lipinski definition) is 1. The maximum absolute atomic E-state index is 12.9. The Morgan fingerprint density at radius 2 is 1.93 bits per heavy atom. The lowest BCUT2D eigenvalue weighted by atomic mass is 9.89. The van der Waals surface area contributed by atoms with Gasteiger partial charge in [0, 0.05) is 19.0 Å². The number of amides is 1. The molecule has 0 aromatic heterocycles. The van der Waals surface area contributed by atoms with Gasteiger partial charge in [0.15, 0.2) is 0 Å². The Bertz CT molecular complexity index is 1070. The normalized spacial score (nSPS) is 17.8. The summed E-state index contributed by atoms with van der Waals surface area (Å²) in [5.74, 6) is 0.445. The number of nitrogens with zero attached hydrogens (tertiary/aromatic N) is 1. The molecule has 6 nitrogen and oxygen atoms in total. The molecule has 0 spiro atoms. The van der Waals surface area contributed by atoms with Gasteiger partial charge in [0.1, 0.15) is 11.4 Å². The van der Waals surface area contributed by atoms with Crippen molar-refractivity contribution in [3.05, 3.63) is 58.1 Å². The van der Waals surface area contributed by atoms with E-state index in [1.54, 1.807) is 6.07 Å². The van der Waals surface area contributed by atoms with Gasteiger partial charge in [-0.1, -0.05) is 23.7 Å². The predicted molar refractivity (Wildman–Crippen MR) is 115 cm³/mol. The summed E-state index contributed by atoms with van der Waals surface area (Å²) >= 11 is 6.31. The van der Waals surface area contributed by atoms with E-state index in [0.717, 1.165) is 27.4 Å². The molecule has 29 heavy (non-hydrogen) atoms. The molecule has 156 valence electrons. The third kappa shape index (κ3) is 4.67. The van der Waals surface area contributed by atoms with Crippen LogP contribution in [0, 0.1) is 6.92 Å². The predicted octanol–water partition coefficient (Wildman–Crippen LogP) is 4.08. The van der Waals surface area contributed by atoms with E-state index in [1.165, 1.54) is 19.2 Å². The monoisotopic (exact) mass is 436 g/mol. The van der Waals surface area contributed by atoms with Crippen molar-refractivity contribution < 1.29 is 17.9 Å². The van der Waals surface area contributed by atoms with E-state index in [0.29, 0.717) is 12.1 Å². The average Bonchev–Trinajstić information content (AvgIpc) is 2.58. The Morgan fingerprint density at radius 1 is 1.24 bits per heavy atom. The fourth-order valence-corrected chi connectivity index (χ4v) is 4.16. The highest BCUT2D eigenvalue weighted by Gasteiger charge is 2.35. The molecular weight excluding hydrogens is 412 g/mol. The summed E-state index contributed by atoms with van der Waals surface area (Å²) in [4.78, 5) is 12.9. The number of hydrogen-bond acceptors (Lipinski definition) is 4. The summed E-state index contributed by atoms with van der Waals surface area (Å²) in [6, 6.07) is 10.3. The van der Waals surface area contributed by atoms with Crippen LogP contribution in [0.1, 0.15) is 47.8 Å². The van der Waals surface area contributed by atoms with Crippen LogP contribution in [0.15, 0.2) is 36.4 Å². The van der Waals surface area contributed by atoms with Gasteiger partial charge < -0.3 is 10.1 Å². The highest BCUT2D eigenvalue weighted by atomic mass is 35.5.